The van der Waals surface area contributed by atoms with Crippen molar-refractivity contribution in [2.45, 2.75) is 38.3 Å². The molecule has 0 unspecified atom stereocenters. The van der Waals surface area contributed by atoms with E-state index >= 15 is 0 Å². The summed E-state index contributed by atoms with van der Waals surface area (Å²) in [6.45, 7) is 0.502. The second-order valence-corrected chi connectivity index (χ2v) is 5.59. The Kier molecular flexibility index (Phi) is 4.68. The predicted molar refractivity (Wildman–Crippen MR) is 84.7 cm³/mol. The van der Waals surface area contributed by atoms with Gasteiger partial charge in [0.15, 0.2) is 0 Å². The van der Waals surface area contributed by atoms with E-state index in [-0.39, 0.29) is 5.91 Å². The lowest BCUT2D eigenvalue weighted by Crippen LogP contribution is -2.22. The number of ether oxygens (including phenoxy) is 1. The molecule has 1 aliphatic rings. The van der Waals surface area contributed by atoms with Gasteiger partial charge in [0, 0.05) is 24.5 Å². The minimum atomic E-state index is -0.0794. The van der Waals surface area contributed by atoms with Crippen molar-refractivity contribution in [1.29, 1.82) is 0 Å². The Balaban J connectivity index is 1.54. The number of carbonyl (C=O) groups is 1. The SMILES string of the molecule is O=C(NCc1ccncc1)c1ccc(OC2CCCC2)cc1. The average Bonchev–Trinajstić information content (AvgIpc) is 3.07. The van der Waals surface area contributed by atoms with Crippen LogP contribution in [0.15, 0.2) is 48.8 Å². The molecule has 1 amide bonds. The molecule has 0 bridgehead atoms. The van der Waals surface area contributed by atoms with E-state index < -0.39 is 0 Å². The number of rotatable bonds is 5. The Morgan fingerprint density at radius 3 is 2.45 bits per heavy atom. The maximum absolute atomic E-state index is 12.1. The van der Waals surface area contributed by atoms with Crippen LogP contribution >= 0.6 is 0 Å². The van der Waals surface area contributed by atoms with E-state index in [4.69, 9.17) is 4.74 Å². The number of nitrogens with zero attached hydrogens (tertiary/aromatic N) is 1. The van der Waals surface area contributed by atoms with Crippen LogP contribution in [-0.2, 0) is 6.54 Å². The van der Waals surface area contributed by atoms with Crippen LogP contribution in [0.1, 0.15) is 41.6 Å². The standard InChI is InChI=1S/C18H20N2O2/c21-18(20-13-14-9-11-19-12-10-14)15-5-7-17(8-6-15)22-16-3-1-2-4-16/h5-12,16H,1-4,13H2,(H,20,21). The first-order valence-electron chi connectivity index (χ1n) is 7.75. The maximum atomic E-state index is 12.1. The van der Waals surface area contributed by atoms with Gasteiger partial charge in [-0.25, -0.2) is 0 Å². The number of benzene rings is 1. The molecule has 1 fully saturated rings. The van der Waals surface area contributed by atoms with Gasteiger partial charge >= 0.3 is 0 Å². The fourth-order valence-electron chi connectivity index (χ4n) is 2.67. The molecule has 1 heterocycles. The summed E-state index contributed by atoms with van der Waals surface area (Å²) in [4.78, 5) is 16.1. The van der Waals surface area contributed by atoms with Gasteiger partial charge in [0.05, 0.1) is 6.10 Å². The zero-order valence-corrected chi connectivity index (χ0v) is 12.5. The fourth-order valence-corrected chi connectivity index (χ4v) is 2.67. The van der Waals surface area contributed by atoms with E-state index in [1.165, 1.54) is 12.8 Å². The molecule has 1 saturated carbocycles. The summed E-state index contributed by atoms with van der Waals surface area (Å²) in [5.74, 6) is 0.766. The third-order valence-corrected chi connectivity index (χ3v) is 3.92. The Labute approximate surface area is 130 Å². The van der Waals surface area contributed by atoms with Crippen molar-refractivity contribution in [2.24, 2.45) is 0 Å². The zero-order valence-electron chi connectivity index (χ0n) is 12.5. The fraction of sp³-hybridized carbons (Fsp3) is 0.333. The molecular weight excluding hydrogens is 276 g/mol. The van der Waals surface area contributed by atoms with Crippen LogP contribution < -0.4 is 10.1 Å². The van der Waals surface area contributed by atoms with E-state index in [0.29, 0.717) is 18.2 Å². The summed E-state index contributed by atoms with van der Waals surface area (Å²) < 4.78 is 5.90. The molecule has 1 aromatic heterocycles. The molecule has 114 valence electrons. The second-order valence-electron chi connectivity index (χ2n) is 5.59. The van der Waals surface area contributed by atoms with Crippen molar-refractivity contribution in [3.63, 3.8) is 0 Å². The van der Waals surface area contributed by atoms with Crippen molar-refractivity contribution >= 4 is 5.91 Å². The lowest BCUT2D eigenvalue weighted by atomic mass is 10.2. The minimum Gasteiger partial charge on any atom is -0.490 e. The largest absolute Gasteiger partial charge is 0.490 e. The molecule has 3 rings (SSSR count). The summed E-state index contributed by atoms with van der Waals surface area (Å²) in [7, 11) is 0. The van der Waals surface area contributed by atoms with E-state index in [0.717, 1.165) is 24.2 Å². The highest BCUT2D eigenvalue weighted by Gasteiger charge is 2.16. The molecule has 1 N–H and O–H groups in total. The zero-order chi connectivity index (χ0) is 15.2. The first-order valence-corrected chi connectivity index (χ1v) is 7.75. The Bertz CT molecular complexity index is 605. The molecule has 0 spiro atoms. The highest BCUT2D eigenvalue weighted by atomic mass is 16.5. The van der Waals surface area contributed by atoms with Crippen molar-refractivity contribution in [3.8, 4) is 5.75 Å². The van der Waals surface area contributed by atoms with E-state index in [1.807, 2.05) is 36.4 Å². The van der Waals surface area contributed by atoms with Crippen molar-refractivity contribution in [1.82, 2.24) is 10.3 Å². The monoisotopic (exact) mass is 296 g/mol. The topological polar surface area (TPSA) is 51.2 Å². The summed E-state index contributed by atoms with van der Waals surface area (Å²) in [6, 6.07) is 11.1. The molecule has 4 heteroatoms. The van der Waals surface area contributed by atoms with Crippen molar-refractivity contribution < 1.29 is 9.53 Å². The highest BCUT2D eigenvalue weighted by Crippen LogP contribution is 2.24. The maximum Gasteiger partial charge on any atom is 0.251 e. The molecular formula is C18H20N2O2. The molecule has 4 nitrogen and oxygen atoms in total. The van der Waals surface area contributed by atoms with Crippen molar-refractivity contribution in [3.05, 3.63) is 59.9 Å². The van der Waals surface area contributed by atoms with Crippen LogP contribution in [-0.4, -0.2) is 17.0 Å². The van der Waals surface area contributed by atoms with Gasteiger partial charge in [0.2, 0.25) is 0 Å². The summed E-state index contributed by atoms with van der Waals surface area (Å²) in [5, 5.41) is 2.90. The smallest absolute Gasteiger partial charge is 0.251 e. The normalized spacial score (nSPS) is 14.7. The number of carbonyl (C=O) groups excluding carboxylic acids is 1. The Morgan fingerprint density at radius 2 is 1.77 bits per heavy atom. The van der Waals surface area contributed by atoms with Gasteiger partial charge in [-0.3, -0.25) is 9.78 Å². The third-order valence-electron chi connectivity index (χ3n) is 3.92. The van der Waals surface area contributed by atoms with E-state index in [1.54, 1.807) is 12.4 Å². The van der Waals surface area contributed by atoms with Crippen LogP contribution in [0.3, 0.4) is 0 Å². The lowest BCUT2D eigenvalue weighted by Gasteiger charge is -2.13. The van der Waals surface area contributed by atoms with Gasteiger partial charge in [0.25, 0.3) is 5.91 Å². The number of hydrogen-bond acceptors (Lipinski definition) is 3. The average molecular weight is 296 g/mol. The van der Waals surface area contributed by atoms with E-state index in [9.17, 15) is 4.79 Å². The van der Waals surface area contributed by atoms with Gasteiger partial charge in [-0.2, -0.15) is 0 Å². The third kappa shape index (κ3) is 3.85. The molecule has 0 radical (unpaired) electrons. The first-order chi connectivity index (χ1) is 10.8. The molecule has 1 aliphatic carbocycles. The van der Waals surface area contributed by atoms with Crippen LogP contribution in [0, 0.1) is 0 Å². The van der Waals surface area contributed by atoms with Crippen LogP contribution in [0.4, 0.5) is 0 Å². The number of aromatic nitrogens is 1. The predicted octanol–water partition coefficient (Wildman–Crippen LogP) is 3.33. The molecule has 0 saturated heterocycles. The number of pyridine rings is 1. The summed E-state index contributed by atoms with van der Waals surface area (Å²) in [6.07, 6.45) is 8.54. The van der Waals surface area contributed by atoms with Gasteiger partial charge < -0.3 is 10.1 Å². The van der Waals surface area contributed by atoms with Crippen LogP contribution in [0.25, 0.3) is 0 Å². The van der Waals surface area contributed by atoms with Gasteiger partial charge in [-0.15, -0.1) is 0 Å². The van der Waals surface area contributed by atoms with E-state index in [2.05, 4.69) is 10.3 Å². The molecule has 0 atom stereocenters. The molecule has 1 aromatic carbocycles. The molecule has 0 aliphatic heterocycles. The molecule has 2 aromatic rings. The van der Waals surface area contributed by atoms with Crippen LogP contribution in [0.2, 0.25) is 0 Å². The lowest BCUT2D eigenvalue weighted by molar-refractivity contribution is 0.0951. The van der Waals surface area contributed by atoms with Crippen molar-refractivity contribution in [2.75, 3.05) is 0 Å². The number of amides is 1. The summed E-state index contributed by atoms with van der Waals surface area (Å²) in [5.41, 5.74) is 1.68. The Hall–Kier alpha value is -2.36. The van der Waals surface area contributed by atoms with Crippen LogP contribution in [0.5, 0.6) is 5.75 Å². The summed E-state index contributed by atoms with van der Waals surface area (Å²) >= 11 is 0. The Morgan fingerprint density at radius 1 is 1.09 bits per heavy atom. The minimum absolute atomic E-state index is 0.0794. The highest BCUT2D eigenvalue weighted by molar-refractivity contribution is 5.94. The number of nitrogens with one attached hydrogen (secondary N) is 1. The first kappa shape index (κ1) is 14.6. The second kappa shape index (κ2) is 7.07. The quantitative estimate of drug-likeness (QED) is 0.920. The number of hydrogen-bond donors (Lipinski definition) is 1. The van der Waals surface area contributed by atoms with Gasteiger partial charge in [0.1, 0.15) is 5.75 Å². The molecule has 22 heavy (non-hydrogen) atoms. The van der Waals surface area contributed by atoms with Gasteiger partial charge in [-0.1, -0.05) is 0 Å². The van der Waals surface area contributed by atoms with Gasteiger partial charge in [-0.05, 0) is 67.6 Å².